The summed E-state index contributed by atoms with van der Waals surface area (Å²) in [6.07, 6.45) is 2.90. The second-order valence-corrected chi connectivity index (χ2v) is 10.9. The molecule has 1 aliphatic rings. The molecule has 8 heteroatoms. The molecule has 180 valence electrons. The van der Waals surface area contributed by atoms with Gasteiger partial charge in [-0.15, -0.1) is 0 Å². The van der Waals surface area contributed by atoms with Crippen LogP contribution in [0.4, 0.5) is 4.79 Å². The van der Waals surface area contributed by atoms with Crippen LogP contribution in [0.5, 0.6) is 0 Å². The van der Waals surface area contributed by atoms with Crippen molar-refractivity contribution in [1.82, 2.24) is 9.88 Å². The SMILES string of the molecule is CC(CCCn1ccc2cc(B3OC(C)(C)C(C)(C)O3)ccc2c1=O)NC(=O)OC(C)(C)C. The fourth-order valence-electron chi connectivity index (χ4n) is 3.76. The molecule has 3 rings (SSSR count). The van der Waals surface area contributed by atoms with Crippen molar-refractivity contribution in [3.8, 4) is 0 Å². The molecule has 7 nitrogen and oxygen atoms in total. The summed E-state index contributed by atoms with van der Waals surface area (Å²) >= 11 is 0. The minimum absolute atomic E-state index is 0.0271. The molecule has 1 amide bonds. The van der Waals surface area contributed by atoms with Gasteiger partial charge in [0.25, 0.3) is 5.56 Å². The molecule has 0 radical (unpaired) electrons. The number of hydrogen-bond donors (Lipinski definition) is 1. The predicted octanol–water partition coefficient (Wildman–Crippen LogP) is 3.99. The molecule has 2 heterocycles. The van der Waals surface area contributed by atoms with E-state index in [4.69, 9.17) is 14.0 Å². The summed E-state index contributed by atoms with van der Waals surface area (Å²) < 4.78 is 19.3. The standard InChI is InChI=1S/C25H37BN2O5/c1-17(27-22(30)31-23(2,3)4)10-9-14-28-15-13-18-16-19(11-12-20(18)21(28)29)26-32-24(5,6)25(7,8)33-26/h11-13,15-17H,9-10,14H2,1-8H3,(H,27,30). The van der Waals surface area contributed by atoms with Gasteiger partial charge >= 0.3 is 13.2 Å². The number of nitrogens with one attached hydrogen (secondary N) is 1. The van der Waals surface area contributed by atoms with Crippen molar-refractivity contribution < 1.29 is 18.8 Å². The number of pyridine rings is 1. The number of amides is 1. The highest BCUT2D eigenvalue weighted by atomic mass is 16.7. The molecule has 1 atom stereocenters. The van der Waals surface area contributed by atoms with Crippen LogP contribution in [0.1, 0.15) is 68.2 Å². The van der Waals surface area contributed by atoms with E-state index >= 15 is 0 Å². The number of carbonyl (C=O) groups is 1. The number of alkyl carbamates (subject to hydrolysis) is 1. The van der Waals surface area contributed by atoms with E-state index in [2.05, 4.69) is 5.32 Å². The molecule has 1 aromatic carbocycles. The number of fused-ring (bicyclic) bond motifs is 1. The molecule has 0 saturated carbocycles. The Labute approximate surface area is 196 Å². The molecule has 0 spiro atoms. The molecule has 0 bridgehead atoms. The first-order valence-electron chi connectivity index (χ1n) is 11.7. The summed E-state index contributed by atoms with van der Waals surface area (Å²) in [5, 5.41) is 4.37. The van der Waals surface area contributed by atoms with Gasteiger partial charge in [0, 0.05) is 24.2 Å². The summed E-state index contributed by atoms with van der Waals surface area (Å²) in [7, 11) is -0.458. The van der Waals surface area contributed by atoms with Crippen LogP contribution in [-0.4, -0.2) is 40.6 Å². The van der Waals surface area contributed by atoms with Crippen molar-refractivity contribution in [2.24, 2.45) is 0 Å². The van der Waals surface area contributed by atoms with Crippen molar-refractivity contribution in [2.45, 2.75) is 97.6 Å². The lowest BCUT2D eigenvalue weighted by Crippen LogP contribution is -2.41. The molecular weight excluding hydrogens is 419 g/mol. The minimum atomic E-state index is -0.523. The maximum absolute atomic E-state index is 13.0. The average Bonchev–Trinajstić information content (AvgIpc) is 2.89. The van der Waals surface area contributed by atoms with E-state index < -0.39 is 30.0 Å². The van der Waals surface area contributed by atoms with Crippen LogP contribution in [0, 0.1) is 0 Å². The monoisotopic (exact) mass is 456 g/mol. The molecule has 1 aliphatic heterocycles. The van der Waals surface area contributed by atoms with E-state index in [1.807, 2.05) is 85.9 Å². The molecule has 1 unspecified atom stereocenters. The van der Waals surface area contributed by atoms with Crippen LogP contribution in [0.15, 0.2) is 35.3 Å². The van der Waals surface area contributed by atoms with Crippen LogP contribution in [0.2, 0.25) is 0 Å². The third kappa shape index (κ3) is 5.98. The van der Waals surface area contributed by atoms with E-state index in [-0.39, 0.29) is 11.6 Å². The first-order valence-corrected chi connectivity index (χ1v) is 11.7. The maximum atomic E-state index is 13.0. The van der Waals surface area contributed by atoms with Crippen LogP contribution < -0.4 is 16.3 Å². The van der Waals surface area contributed by atoms with Crippen molar-refractivity contribution in [1.29, 1.82) is 0 Å². The lowest BCUT2D eigenvalue weighted by atomic mass is 9.78. The van der Waals surface area contributed by atoms with Crippen LogP contribution >= 0.6 is 0 Å². The van der Waals surface area contributed by atoms with Gasteiger partial charge in [-0.05, 0) is 91.2 Å². The Kier molecular flexibility index (Phi) is 7.01. The molecular formula is C25H37BN2O5. The zero-order valence-corrected chi connectivity index (χ0v) is 21.2. The summed E-state index contributed by atoms with van der Waals surface area (Å²) in [6, 6.07) is 7.63. The molecule has 1 fully saturated rings. The summed E-state index contributed by atoms with van der Waals surface area (Å²) in [6.45, 7) is 16.1. The second-order valence-electron chi connectivity index (χ2n) is 10.9. The Morgan fingerprint density at radius 3 is 2.39 bits per heavy atom. The van der Waals surface area contributed by atoms with Crippen molar-refractivity contribution in [3.05, 3.63) is 40.8 Å². The van der Waals surface area contributed by atoms with Crippen LogP contribution in [-0.2, 0) is 20.6 Å². The van der Waals surface area contributed by atoms with Crippen LogP contribution in [0.3, 0.4) is 0 Å². The fraction of sp³-hybridized carbons (Fsp3) is 0.600. The highest BCUT2D eigenvalue weighted by molar-refractivity contribution is 6.62. The number of nitrogens with zero attached hydrogens (tertiary/aromatic N) is 1. The number of rotatable bonds is 6. The van der Waals surface area contributed by atoms with E-state index in [9.17, 15) is 9.59 Å². The topological polar surface area (TPSA) is 78.8 Å². The number of benzene rings is 1. The zero-order valence-electron chi connectivity index (χ0n) is 21.2. The number of aromatic nitrogens is 1. The van der Waals surface area contributed by atoms with Gasteiger partial charge in [-0.2, -0.15) is 0 Å². The number of aryl methyl sites for hydroxylation is 1. The maximum Gasteiger partial charge on any atom is 0.494 e. The fourth-order valence-corrected chi connectivity index (χ4v) is 3.76. The number of ether oxygens (including phenoxy) is 1. The Bertz CT molecular complexity index is 1050. The van der Waals surface area contributed by atoms with E-state index in [1.165, 1.54) is 0 Å². The Morgan fingerprint density at radius 2 is 1.79 bits per heavy atom. The molecule has 1 aromatic heterocycles. The van der Waals surface area contributed by atoms with Crippen molar-refractivity contribution in [3.63, 3.8) is 0 Å². The second kappa shape index (κ2) is 9.14. The van der Waals surface area contributed by atoms with Gasteiger partial charge in [-0.1, -0.05) is 12.1 Å². The van der Waals surface area contributed by atoms with Gasteiger partial charge in [0.2, 0.25) is 0 Å². The Morgan fingerprint density at radius 1 is 1.15 bits per heavy atom. The number of hydrogen-bond acceptors (Lipinski definition) is 5. The molecule has 1 N–H and O–H groups in total. The first kappa shape index (κ1) is 25.3. The van der Waals surface area contributed by atoms with Gasteiger partial charge in [0.15, 0.2) is 0 Å². The van der Waals surface area contributed by atoms with Crippen molar-refractivity contribution in [2.75, 3.05) is 0 Å². The Hall–Kier alpha value is -2.32. The van der Waals surface area contributed by atoms with E-state index in [0.717, 1.165) is 23.7 Å². The Balaban J connectivity index is 1.63. The van der Waals surface area contributed by atoms with Gasteiger partial charge in [0.05, 0.1) is 11.2 Å². The lowest BCUT2D eigenvalue weighted by molar-refractivity contribution is 0.00578. The normalized spacial score (nSPS) is 18.4. The largest absolute Gasteiger partial charge is 0.494 e. The van der Waals surface area contributed by atoms with Gasteiger partial charge in [-0.25, -0.2) is 4.79 Å². The van der Waals surface area contributed by atoms with Crippen molar-refractivity contribution >= 4 is 29.4 Å². The molecule has 33 heavy (non-hydrogen) atoms. The smallest absolute Gasteiger partial charge is 0.444 e. The molecule has 0 aliphatic carbocycles. The molecule has 2 aromatic rings. The van der Waals surface area contributed by atoms with Gasteiger partial charge in [-0.3, -0.25) is 4.79 Å². The van der Waals surface area contributed by atoms with Gasteiger partial charge < -0.3 is 23.9 Å². The zero-order chi connectivity index (χ0) is 24.6. The number of carbonyl (C=O) groups excluding carboxylic acids is 1. The lowest BCUT2D eigenvalue weighted by Gasteiger charge is -2.32. The van der Waals surface area contributed by atoms with E-state index in [1.54, 1.807) is 4.57 Å². The summed E-state index contributed by atoms with van der Waals surface area (Å²) in [5.74, 6) is 0. The minimum Gasteiger partial charge on any atom is -0.444 e. The molecule has 1 saturated heterocycles. The van der Waals surface area contributed by atoms with E-state index in [0.29, 0.717) is 11.9 Å². The third-order valence-corrected chi connectivity index (χ3v) is 6.33. The predicted molar refractivity (Wildman–Crippen MR) is 132 cm³/mol. The quantitative estimate of drug-likeness (QED) is 0.665. The van der Waals surface area contributed by atoms with Crippen LogP contribution in [0.25, 0.3) is 10.8 Å². The highest BCUT2D eigenvalue weighted by Crippen LogP contribution is 2.36. The highest BCUT2D eigenvalue weighted by Gasteiger charge is 2.51. The summed E-state index contributed by atoms with van der Waals surface area (Å²) in [5.41, 5.74) is -0.470. The third-order valence-electron chi connectivity index (χ3n) is 6.33. The van der Waals surface area contributed by atoms with Gasteiger partial charge in [0.1, 0.15) is 5.60 Å². The first-order chi connectivity index (χ1) is 15.2. The summed E-state index contributed by atoms with van der Waals surface area (Å²) in [4.78, 5) is 24.9. The average molecular weight is 456 g/mol.